The Labute approximate surface area is 212 Å². The summed E-state index contributed by atoms with van der Waals surface area (Å²) in [4.78, 5) is 25.3. The van der Waals surface area contributed by atoms with Gasteiger partial charge in [-0.1, -0.05) is 42.5 Å². The summed E-state index contributed by atoms with van der Waals surface area (Å²) >= 11 is 0. The highest BCUT2D eigenvalue weighted by molar-refractivity contribution is 6.01. The number of anilines is 2. The Kier molecular flexibility index (Phi) is 8.10. The average Bonchev–Trinajstić information content (AvgIpc) is 2.90. The lowest BCUT2D eigenvalue weighted by atomic mass is 10.0. The van der Waals surface area contributed by atoms with E-state index in [1.54, 1.807) is 61.5 Å². The standard InChI is InChI=1S/C29H24F2N2O4/c1-2-36-28(34)25-18-24(33-29(35)32-23-6-4-3-5-7-23)16-17-26(25)37-27(19-8-12-21(30)13-9-19)20-10-14-22(31)15-11-20/h3-18,27H,2H2,1H3,(H2,32,33,35). The van der Waals surface area contributed by atoms with E-state index in [1.807, 2.05) is 6.07 Å². The first kappa shape index (κ1) is 25.4. The maximum atomic E-state index is 13.6. The molecule has 0 aliphatic rings. The third-order valence-electron chi connectivity index (χ3n) is 5.35. The number of amides is 2. The first-order valence-electron chi connectivity index (χ1n) is 11.5. The molecule has 0 bridgehead atoms. The molecule has 4 aromatic carbocycles. The molecule has 0 aromatic heterocycles. The van der Waals surface area contributed by atoms with Gasteiger partial charge in [0.2, 0.25) is 0 Å². The maximum Gasteiger partial charge on any atom is 0.341 e. The van der Waals surface area contributed by atoms with Crippen molar-refractivity contribution in [1.82, 2.24) is 0 Å². The van der Waals surface area contributed by atoms with Crippen LogP contribution in [-0.4, -0.2) is 18.6 Å². The van der Waals surface area contributed by atoms with Gasteiger partial charge in [0.15, 0.2) is 0 Å². The zero-order valence-corrected chi connectivity index (χ0v) is 19.9. The number of para-hydroxylation sites is 1. The number of halogens is 2. The van der Waals surface area contributed by atoms with E-state index in [0.29, 0.717) is 22.5 Å². The summed E-state index contributed by atoms with van der Waals surface area (Å²) in [6, 6.07) is 24.3. The van der Waals surface area contributed by atoms with Crippen molar-refractivity contribution in [3.63, 3.8) is 0 Å². The lowest BCUT2D eigenvalue weighted by Gasteiger charge is -2.22. The van der Waals surface area contributed by atoms with Gasteiger partial charge >= 0.3 is 12.0 Å². The van der Waals surface area contributed by atoms with Crippen LogP contribution in [0.15, 0.2) is 97.1 Å². The third-order valence-corrected chi connectivity index (χ3v) is 5.35. The van der Waals surface area contributed by atoms with Gasteiger partial charge in [0.05, 0.1) is 6.61 Å². The average molecular weight is 503 g/mol. The molecule has 0 heterocycles. The molecular formula is C29H24F2N2O4. The minimum atomic E-state index is -0.783. The highest BCUT2D eigenvalue weighted by Crippen LogP contribution is 2.33. The van der Waals surface area contributed by atoms with Gasteiger partial charge in [0.25, 0.3) is 0 Å². The molecular weight excluding hydrogens is 478 g/mol. The van der Waals surface area contributed by atoms with E-state index in [-0.39, 0.29) is 17.9 Å². The Balaban J connectivity index is 1.65. The van der Waals surface area contributed by atoms with E-state index in [1.165, 1.54) is 36.4 Å². The van der Waals surface area contributed by atoms with Crippen LogP contribution in [0.1, 0.15) is 34.5 Å². The molecule has 2 amide bonds. The monoisotopic (exact) mass is 502 g/mol. The second-order valence-corrected chi connectivity index (χ2v) is 7.98. The van der Waals surface area contributed by atoms with Crippen LogP contribution in [0.2, 0.25) is 0 Å². The van der Waals surface area contributed by atoms with Gasteiger partial charge in [-0.05, 0) is 72.6 Å². The van der Waals surface area contributed by atoms with Crippen molar-refractivity contribution < 1.29 is 27.8 Å². The lowest BCUT2D eigenvalue weighted by molar-refractivity contribution is 0.0520. The number of urea groups is 1. The molecule has 0 spiro atoms. The molecule has 4 rings (SSSR count). The molecule has 0 radical (unpaired) electrons. The zero-order valence-electron chi connectivity index (χ0n) is 19.9. The number of rotatable bonds is 8. The summed E-state index contributed by atoms with van der Waals surface area (Å²) in [5.74, 6) is -1.32. The quantitative estimate of drug-likeness (QED) is 0.256. The Bertz CT molecular complexity index is 1320. The second-order valence-electron chi connectivity index (χ2n) is 7.98. The minimum Gasteiger partial charge on any atom is -0.480 e. The molecule has 6 nitrogen and oxygen atoms in total. The van der Waals surface area contributed by atoms with Crippen molar-refractivity contribution in [2.75, 3.05) is 17.2 Å². The smallest absolute Gasteiger partial charge is 0.341 e. The molecule has 0 aliphatic heterocycles. The highest BCUT2D eigenvalue weighted by Gasteiger charge is 2.22. The fraction of sp³-hybridized carbons (Fsp3) is 0.103. The zero-order chi connectivity index (χ0) is 26.2. The van der Waals surface area contributed by atoms with E-state index >= 15 is 0 Å². The number of esters is 1. The highest BCUT2D eigenvalue weighted by atomic mass is 19.1. The Morgan fingerprint density at radius 3 is 1.89 bits per heavy atom. The van der Waals surface area contributed by atoms with Gasteiger partial charge in [-0.15, -0.1) is 0 Å². The molecule has 37 heavy (non-hydrogen) atoms. The molecule has 0 fully saturated rings. The normalized spacial score (nSPS) is 10.6. The lowest BCUT2D eigenvalue weighted by Crippen LogP contribution is -2.20. The summed E-state index contributed by atoms with van der Waals surface area (Å²) in [7, 11) is 0. The molecule has 188 valence electrons. The number of hydrogen-bond donors (Lipinski definition) is 2. The molecule has 4 aromatic rings. The van der Waals surface area contributed by atoms with Crippen LogP contribution < -0.4 is 15.4 Å². The number of carbonyl (C=O) groups is 2. The van der Waals surface area contributed by atoms with Gasteiger partial charge in [0.1, 0.15) is 29.1 Å². The van der Waals surface area contributed by atoms with Crippen LogP contribution in [0.5, 0.6) is 5.75 Å². The van der Waals surface area contributed by atoms with Crippen LogP contribution in [0.3, 0.4) is 0 Å². The van der Waals surface area contributed by atoms with Crippen molar-refractivity contribution in [2.45, 2.75) is 13.0 Å². The van der Waals surface area contributed by atoms with Crippen molar-refractivity contribution in [3.8, 4) is 5.75 Å². The fourth-order valence-corrected chi connectivity index (χ4v) is 3.62. The summed E-state index contributed by atoms with van der Waals surface area (Å²) < 4.78 is 38.6. The van der Waals surface area contributed by atoms with E-state index in [0.717, 1.165) is 0 Å². The maximum absolute atomic E-state index is 13.6. The minimum absolute atomic E-state index is 0.0774. The van der Waals surface area contributed by atoms with E-state index in [2.05, 4.69) is 10.6 Å². The van der Waals surface area contributed by atoms with E-state index < -0.39 is 29.7 Å². The molecule has 0 saturated carbocycles. The summed E-state index contributed by atoms with van der Waals surface area (Å²) in [6.45, 7) is 1.80. The molecule has 0 aliphatic carbocycles. The number of carbonyl (C=O) groups excluding carboxylic acids is 2. The van der Waals surface area contributed by atoms with Crippen molar-refractivity contribution in [2.24, 2.45) is 0 Å². The first-order chi connectivity index (χ1) is 17.9. The molecule has 2 N–H and O–H groups in total. The first-order valence-corrected chi connectivity index (χ1v) is 11.5. The number of ether oxygens (including phenoxy) is 2. The topological polar surface area (TPSA) is 76.7 Å². The predicted molar refractivity (Wildman–Crippen MR) is 137 cm³/mol. The molecule has 0 unspecified atom stereocenters. The van der Waals surface area contributed by atoms with Gasteiger partial charge in [0, 0.05) is 11.4 Å². The molecule has 0 atom stereocenters. The van der Waals surface area contributed by atoms with Crippen LogP contribution >= 0.6 is 0 Å². The van der Waals surface area contributed by atoms with Crippen LogP contribution in [-0.2, 0) is 4.74 Å². The SMILES string of the molecule is CCOC(=O)c1cc(NC(=O)Nc2ccccc2)ccc1OC(c1ccc(F)cc1)c1ccc(F)cc1. The Morgan fingerprint density at radius 2 is 1.32 bits per heavy atom. The molecule has 0 saturated heterocycles. The van der Waals surface area contributed by atoms with Crippen molar-refractivity contribution in [3.05, 3.63) is 125 Å². The van der Waals surface area contributed by atoms with Gasteiger partial charge in [-0.2, -0.15) is 0 Å². The Hall–Kier alpha value is -4.72. The third kappa shape index (κ3) is 6.70. The Morgan fingerprint density at radius 1 is 0.757 bits per heavy atom. The summed E-state index contributed by atoms with van der Waals surface area (Å²) in [6.07, 6.45) is -0.783. The van der Waals surface area contributed by atoms with Crippen LogP contribution in [0.4, 0.5) is 25.0 Å². The van der Waals surface area contributed by atoms with Gasteiger partial charge in [-0.3, -0.25) is 0 Å². The summed E-state index contributed by atoms with van der Waals surface area (Å²) in [5, 5.41) is 5.39. The summed E-state index contributed by atoms with van der Waals surface area (Å²) in [5.41, 5.74) is 2.20. The van der Waals surface area contributed by atoms with Gasteiger partial charge < -0.3 is 20.1 Å². The van der Waals surface area contributed by atoms with Crippen LogP contribution in [0, 0.1) is 11.6 Å². The largest absolute Gasteiger partial charge is 0.480 e. The van der Waals surface area contributed by atoms with Crippen molar-refractivity contribution >= 4 is 23.4 Å². The van der Waals surface area contributed by atoms with Gasteiger partial charge in [-0.25, -0.2) is 18.4 Å². The molecule has 8 heteroatoms. The van der Waals surface area contributed by atoms with E-state index in [4.69, 9.17) is 9.47 Å². The number of nitrogens with one attached hydrogen (secondary N) is 2. The predicted octanol–water partition coefficient (Wildman–Crippen LogP) is 6.95. The number of hydrogen-bond acceptors (Lipinski definition) is 4. The van der Waals surface area contributed by atoms with E-state index in [9.17, 15) is 18.4 Å². The van der Waals surface area contributed by atoms with Crippen molar-refractivity contribution in [1.29, 1.82) is 0 Å². The number of benzene rings is 4. The van der Waals surface area contributed by atoms with Crippen LogP contribution in [0.25, 0.3) is 0 Å². The fourth-order valence-electron chi connectivity index (χ4n) is 3.62. The second kappa shape index (κ2) is 11.8.